The van der Waals surface area contributed by atoms with Crippen molar-refractivity contribution in [2.45, 2.75) is 13.5 Å². The molecule has 0 aliphatic carbocycles. The van der Waals surface area contributed by atoms with E-state index in [1.807, 2.05) is 66.1 Å². The van der Waals surface area contributed by atoms with E-state index in [2.05, 4.69) is 5.92 Å². The standard InChI is InChI=1S/C19H15NO/c1-3-11-20-17-10-5-4-8-15(17)13-18(20)19(21)16-9-6-7-14(2)12-16/h1,4-10,12-13H,11H2,2H3. The molecule has 1 aromatic heterocycles. The predicted octanol–water partition coefficient (Wildman–Crippen LogP) is 3.81. The molecule has 0 N–H and O–H groups in total. The summed E-state index contributed by atoms with van der Waals surface area (Å²) in [6.07, 6.45) is 5.46. The average Bonchev–Trinajstić information content (AvgIpc) is 2.86. The van der Waals surface area contributed by atoms with Crippen molar-refractivity contribution in [2.75, 3.05) is 0 Å². The van der Waals surface area contributed by atoms with Crippen molar-refractivity contribution in [1.82, 2.24) is 4.57 Å². The lowest BCUT2D eigenvalue weighted by molar-refractivity contribution is 0.103. The second kappa shape index (κ2) is 5.30. The lowest BCUT2D eigenvalue weighted by atomic mass is 10.1. The van der Waals surface area contributed by atoms with Crippen LogP contribution in [0.1, 0.15) is 21.6 Å². The summed E-state index contributed by atoms with van der Waals surface area (Å²) in [6.45, 7) is 2.37. The zero-order valence-corrected chi connectivity index (χ0v) is 11.8. The Labute approximate surface area is 124 Å². The average molecular weight is 273 g/mol. The second-order valence-corrected chi connectivity index (χ2v) is 5.08. The predicted molar refractivity (Wildman–Crippen MR) is 85.4 cm³/mol. The lowest BCUT2D eigenvalue weighted by Gasteiger charge is -2.07. The van der Waals surface area contributed by atoms with Gasteiger partial charge in [-0.05, 0) is 25.1 Å². The van der Waals surface area contributed by atoms with Crippen molar-refractivity contribution < 1.29 is 4.79 Å². The van der Waals surface area contributed by atoms with Crippen molar-refractivity contribution in [2.24, 2.45) is 0 Å². The fraction of sp³-hybridized carbons (Fsp3) is 0.105. The molecular weight excluding hydrogens is 258 g/mol. The largest absolute Gasteiger partial charge is 0.326 e. The van der Waals surface area contributed by atoms with Crippen molar-refractivity contribution in [1.29, 1.82) is 0 Å². The Balaban J connectivity index is 2.18. The Hall–Kier alpha value is -2.79. The Morgan fingerprint density at radius 2 is 1.95 bits per heavy atom. The van der Waals surface area contributed by atoms with E-state index >= 15 is 0 Å². The highest BCUT2D eigenvalue weighted by Gasteiger charge is 2.16. The minimum Gasteiger partial charge on any atom is -0.326 e. The molecule has 1 heterocycles. The molecule has 0 bridgehead atoms. The van der Waals surface area contributed by atoms with Gasteiger partial charge < -0.3 is 4.57 Å². The fourth-order valence-corrected chi connectivity index (χ4v) is 2.59. The molecule has 102 valence electrons. The number of carbonyl (C=O) groups is 1. The van der Waals surface area contributed by atoms with E-state index in [0.717, 1.165) is 16.5 Å². The molecule has 0 aliphatic rings. The first kappa shape index (κ1) is 13.2. The van der Waals surface area contributed by atoms with E-state index in [1.165, 1.54) is 0 Å². The van der Waals surface area contributed by atoms with E-state index in [1.54, 1.807) is 0 Å². The molecule has 0 atom stereocenters. The van der Waals surface area contributed by atoms with Crippen LogP contribution in [0.3, 0.4) is 0 Å². The Morgan fingerprint density at radius 3 is 2.71 bits per heavy atom. The second-order valence-electron chi connectivity index (χ2n) is 5.08. The number of para-hydroxylation sites is 1. The van der Waals surface area contributed by atoms with Gasteiger partial charge in [-0.2, -0.15) is 0 Å². The quantitative estimate of drug-likeness (QED) is 0.525. The first-order valence-electron chi connectivity index (χ1n) is 6.84. The summed E-state index contributed by atoms with van der Waals surface area (Å²) in [5, 5.41) is 1.03. The topological polar surface area (TPSA) is 22.0 Å². The van der Waals surface area contributed by atoms with Gasteiger partial charge in [0.15, 0.2) is 0 Å². The third-order valence-electron chi connectivity index (χ3n) is 3.57. The van der Waals surface area contributed by atoms with Crippen molar-refractivity contribution in [3.05, 3.63) is 71.4 Å². The van der Waals surface area contributed by atoms with Crippen molar-refractivity contribution >= 4 is 16.7 Å². The number of aromatic nitrogens is 1. The van der Waals surface area contributed by atoms with Crippen LogP contribution in [0.5, 0.6) is 0 Å². The van der Waals surface area contributed by atoms with Crippen LogP contribution >= 0.6 is 0 Å². The normalized spacial score (nSPS) is 10.5. The van der Waals surface area contributed by atoms with E-state index in [0.29, 0.717) is 17.8 Å². The minimum atomic E-state index is 0.00477. The van der Waals surface area contributed by atoms with Crippen LogP contribution in [0.25, 0.3) is 10.9 Å². The van der Waals surface area contributed by atoms with Crippen LogP contribution in [0.4, 0.5) is 0 Å². The van der Waals surface area contributed by atoms with Gasteiger partial charge in [-0.15, -0.1) is 6.42 Å². The number of nitrogens with zero attached hydrogens (tertiary/aromatic N) is 1. The van der Waals surface area contributed by atoms with E-state index in [9.17, 15) is 4.79 Å². The molecule has 3 rings (SSSR count). The molecule has 0 fully saturated rings. The monoisotopic (exact) mass is 273 g/mol. The molecular formula is C19H15NO. The third kappa shape index (κ3) is 2.34. The molecule has 21 heavy (non-hydrogen) atoms. The molecule has 3 aromatic rings. The maximum Gasteiger partial charge on any atom is 0.209 e. The summed E-state index contributed by atoms with van der Waals surface area (Å²) >= 11 is 0. The summed E-state index contributed by atoms with van der Waals surface area (Å²) in [5.41, 5.74) is 3.39. The molecule has 0 spiro atoms. The van der Waals surface area contributed by atoms with Crippen molar-refractivity contribution in [3.63, 3.8) is 0 Å². The molecule has 0 amide bonds. The first-order chi connectivity index (χ1) is 10.2. The Kier molecular flexibility index (Phi) is 3.33. The highest BCUT2D eigenvalue weighted by atomic mass is 16.1. The van der Waals surface area contributed by atoms with Crippen LogP contribution in [0.15, 0.2) is 54.6 Å². The highest BCUT2D eigenvalue weighted by Crippen LogP contribution is 2.22. The number of hydrogen-bond donors (Lipinski definition) is 0. The third-order valence-corrected chi connectivity index (χ3v) is 3.57. The SMILES string of the molecule is C#CCn1c(C(=O)c2cccc(C)c2)cc2ccccc21. The smallest absolute Gasteiger partial charge is 0.209 e. The number of hydrogen-bond acceptors (Lipinski definition) is 1. The van der Waals surface area contributed by atoms with E-state index in [4.69, 9.17) is 6.42 Å². The van der Waals surface area contributed by atoms with Gasteiger partial charge in [0.2, 0.25) is 5.78 Å². The van der Waals surface area contributed by atoms with Gasteiger partial charge in [-0.25, -0.2) is 0 Å². The first-order valence-corrected chi connectivity index (χ1v) is 6.84. The number of carbonyl (C=O) groups excluding carboxylic acids is 1. The lowest BCUT2D eigenvalue weighted by Crippen LogP contribution is -2.09. The summed E-state index contributed by atoms with van der Waals surface area (Å²) in [5.74, 6) is 2.64. The summed E-state index contributed by atoms with van der Waals surface area (Å²) < 4.78 is 1.90. The van der Waals surface area contributed by atoms with E-state index in [-0.39, 0.29) is 5.78 Å². The molecule has 0 saturated heterocycles. The zero-order chi connectivity index (χ0) is 14.8. The molecule has 0 aliphatic heterocycles. The molecule has 0 radical (unpaired) electrons. The van der Waals surface area contributed by atoms with Crippen LogP contribution in [-0.2, 0) is 6.54 Å². The number of benzene rings is 2. The Morgan fingerprint density at radius 1 is 1.14 bits per heavy atom. The number of fused-ring (bicyclic) bond motifs is 1. The van der Waals surface area contributed by atoms with Gasteiger partial charge >= 0.3 is 0 Å². The number of terminal acetylenes is 1. The van der Waals surface area contributed by atoms with Gasteiger partial charge in [0.05, 0.1) is 12.2 Å². The maximum atomic E-state index is 12.8. The number of rotatable bonds is 3. The zero-order valence-electron chi connectivity index (χ0n) is 11.8. The highest BCUT2D eigenvalue weighted by molar-refractivity contribution is 6.10. The molecule has 2 nitrogen and oxygen atoms in total. The molecule has 2 heteroatoms. The van der Waals surface area contributed by atoms with Crippen LogP contribution in [-0.4, -0.2) is 10.4 Å². The minimum absolute atomic E-state index is 0.00477. The van der Waals surface area contributed by atoms with E-state index < -0.39 is 0 Å². The maximum absolute atomic E-state index is 12.8. The van der Waals surface area contributed by atoms with Gasteiger partial charge in [0, 0.05) is 16.5 Å². The van der Waals surface area contributed by atoms with Gasteiger partial charge in [-0.3, -0.25) is 4.79 Å². The fourth-order valence-electron chi connectivity index (χ4n) is 2.59. The summed E-state index contributed by atoms with van der Waals surface area (Å²) in [7, 11) is 0. The van der Waals surface area contributed by atoms with Crippen LogP contribution in [0, 0.1) is 19.3 Å². The van der Waals surface area contributed by atoms with Crippen molar-refractivity contribution in [3.8, 4) is 12.3 Å². The summed E-state index contributed by atoms with van der Waals surface area (Å²) in [6, 6.07) is 17.4. The van der Waals surface area contributed by atoms with Gasteiger partial charge in [0.25, 0.3) is 0 Å². The van der Waals surface area contributed by atoms with Gasteiger partial charge in [-0.1, -0.05) is 47.9 Å². The van der Waals surface area contributed by atoms with Gasteiger partial charge in [0.1, 0.15) is 0 Å². The summed E-state index contributed by atoms with van der Waals surface area (Å²) in [4.78, 5) is 12.8. The molecule has 0 unspecified atom stereocenters. The number of ketones is 1. The number of aryl methyl sites for hydroxylation is 1. The Bertz CT molecular complexity index is 865. The molecule has 0 saturated carbocycles. The van der Waals surface area contributed by atoms with Crippen LogP contribution < -0.4 is 0 Å². The molecule has 2 aromatic carbocycles. The van der Waals surface area contributed by atoms with Crippen LogP contribution in [0.2, 0.25) is 0 Å².